The Morgan fingerprint density at radius 3 is 2.27 bits per heavy atom. The third-order valence-corrected chi connectivity index (χ3v) is 8.24. The van der Waals surface area contributed by atoms with Gasteiger partial charge in [0.15, 0.2) is 5.78 Å². The van der Waals surface area contributed by atoms with E-state index in [2.05, 4.69) is 66.1 Å². The molecular formula is C38H44IrN3O3-. The fourth-order valence-electron chi connectivity index (χ4n) is 5.49. The van der Waals surface area contributed by atoms with Crippen LogP contribution in [0.2, 0.25) is 0 Å². The number of hydrogen-bond donors (Lipinski definition) is 1. The molecular weight excluding hydrogens is 739 g/mol. The Morgan fingerprint density at radius 2 is 1.60 bits per heavy atom. The van der Waals surface area contributed by atoms with Crippen LogP contribution in [0.1, 0.15) is 79.7 Å². The van der Waals surface area contributed by atoms with Crippen molar-refractivity contribution in [2.75, 3.05) is 0 Å². The summed E-state index contributed by atoms with van der Waals surface area (Å²) in [4.78, 5) is 25.1. The number of benzene rings is 2. The van der Waals surface area contributed by atoms with Crippen molar-refractivity contribution in [3.8, 4) is 22.5 Å². The Labute approximate surface area is 280 Å². The van der Waals surface area contributed by atoms with Gasteiger partial charge in [0.1, 0.15) is 11.9 Å². The van der Waals surface area contributed by atoms with Gasteiger partial charge in [0.2, 0.25) is 0 Å². The number of rotatable bonds is 9. The SMILES string of the molecule is CC(C)(C)c1cc(-c2cc(-c3cncc4ccoc34)ncn2)[c-]c2ccccc12.CCC(CC)C(=O)/C=C(\O)C(CC)CC.[Ir]. The topological polar surface area (TPSA) is 89.1 Å². The van der Waals surface area contributed by atoms with Crippen LogP contribution in [0.5, 0.6) is 0 Å². The zero-order valence-electron chi connectivity index (χ0n) is 27.4. The summed E-state index contributed by atoms with van der Waals surface area (Å²) >= 11 is 0. The Kier molecular flexibility index (Phi) is 12.8. The Morgan fingerprint density at radius 1 is 0.933 bits per heavy atom. The van der Waals surface area contributed by atoms with Crippen LogP contribution in [0.4, 0.5) is 0 Å². The normalized spacial score (nSPS) is 11.9. The van der Waals surface area contributed by atoms with Crippen LogP contribution in [0.15, 0.2) is 83.7 Å². The molecule has 239 valence electrons. The first kappa shape index (κ1) is 35.8. The maximum absolute atomic E-state index is 11.7. The van der Waals surface area contributed by atoms with Gasteiger partial charge in [0.25, 0.3) is 0 Å². The Hall–Kier alpha value is -3.67. The van der Waals surface area contributed by atoms with Crippen molar-refractivity contribution in [3.63, 3.8) is 0 Å². The zero-order chi connectivity index (χ0) is 31.9. The van der Waals surface area contributed by atoms with E-state index in [1.807, 2.05) is 45.9 Å². The van der Waals surface area contributed by atoms with Gasteiger partial charge in [0.05, 0.1) is 23.3 Å². The number of ketones is 1. The largest absolute Gasteiger partial charge is 0.512 e. The fourth-order valence-corrected chi connectivity index (χ4v) is 5.49. The number of aromatic nitrogens is 3. The number of pyridine rings is 1. The van der Waals surface area contributed by atoms with Crippen molar-refractivity contribution in [1.29, 1.82) is 0 Å². The van der Waals surface area contributed by atoms with Gasteiger partial charge in [-0.3, -0.25) is 14.8 Å². The number of fused-ring (bicyclic) bond motifs is 2. The van der Waals surface area contributed by atoms with Crippen molar-refractivity contribution in [3.05, 3.63) is 90.9 Å². The van der Waals surface area contributed by atoms with Crippen LogP contribution < -0.4 is 0 Å². The Bertz CT molecular complexity index is 1740. The van der Waals surface area contributed by atoms with Gasteiger partial charge in [-0.25, -0.2) is 4.98 Å². The Balaban J connectivity index is 0.000000297. The summed E-state index contributed by atoms with van der Waals surface area (Å²) in [7, 11) is 0. The molecule has 0 spiro atoms. The van der Waals surface area contributed by atoms with Crippen molar-refractivity contribution in [2.24, 2.45) is 11.8 Å². The molecule has 1 radical (unpaired) electrons. The summed E-state index contributed by atoms with van der Waals surface area (Å²) in [5, 5.41) is 13.0. The fraction of sp³-hybridized carbons (Fsp3) is 0.368. The van der Waals surface area contributed by atoms with Crippen LogP contribution in [-0.2, 0) is 30.3 Å². The molecule has 0 unspecified atom stereocenters. The molecule has 0 aliphatic carbocycles. The predicted molar refractivity (Wildman–Crippen MR) is 179 cm³/mol. The first-order valence-corrected chi connectivity index (χ1v) is 15.6. The van der Waals surface area contributed by atoms with E-state index in [0.29, 0.717) is 0 Å². The van der Waals surface area contributed by atoms with Crippen LogP contribution >= 0.6 is 0 Å². The first-order chi connectivity index (χ1) is 21.1. The summed E-state index contributed by atoms with van der Waals surface area (Å²) in [6, 6.07) is 18.0. The molecule has 6 nitrogen and oxygen atoms in total. The van der Waals surface area contributed by atoms with Crippen LogP contribution in [-0.4, -0.2) is 25.8 Å². The number of furan rings is 1. The van der Waals surface area contributed by atoms with E-state index >= 15 is 0 Å². The molecule has 0 saturated heterocycles. The molecule has 0 aliphatic rings. The molecule has 0 bridgehead atoms. The smallest absolute Gasteiger partial charge is 0.162 e. The number of aliphatic hydroxyl groups excluding tert-OH is 1. The summed E-state index contributed by atoms with van der Waals surface area (Å²) in [5.41, 5.74) is 5.48. The summed E-state index contributed by atoms with van der Waals surface area (Å²) in [6.45, 7) is 14.8. The average Bonchev–Trinajstić information content (AvgIpc) is 3.51. The molecule has 45 heavy (non-hydrogen) atoms. The van der Waals surface area contributed by atoms with Crippen molar-refractivity contribution in [2.45, 2.75) is 79.6 Å². The number of hydrogen-bond acceptors (Lipinski definition) is 6. The van der Waals surface area contributed by atoms with Crippen LogP contribution in [0, 0.1) is 17.9 Å². The third-order valence-electron chi connectivity index (χ3n) is 8.24. The number of carbonyl (C=O) groups is 1. The second-order valence-electron chi connectivity index (χ2n) is 12.2. The standard InChI is InChI=1S/C25H20N3O.C13H24O2.Ir/c1-25(2,3)21-11-18(10-16-6-4-5-7-19(16)21)22-12-23(28-15-27-22)20-14-26-13-17-8-9-29-24(17)20;1-5-10(6-2)12(14)9-13(15)11(7-3)8-4;/h4-9,11-15H,1-3H3;9-11,14H,5-8H2,1-4H3;/q-1;;/b;12-9-;. The maximum Gasteiger partial charge on any atom is 0.162 e. The van der Waals surface area contributed by atoms with Gasteiger partial charge < -0.3 is 9.52 Å². The predicted octanol–water partition coefficient (Wildman–Crippen LogP) is 10.1. The molecule has 1 N–H and O–H groups in total. The van der Waals surface area contributed by atoms with Crippen molar-refractivity contribution < 1.29 is 34.4 Å². The average molecular weight is 783 g/mol. The molecule has 3 heterocycles. The maximum atomic E-state index is 11.7. The number of allylic oxidation sites excluding steroid dienone is 2. The minimum absolute atomic E-state index is 0. The van der Waals surface area contributed by atoms with E-state index in [1.54, 1.807) is 25.0 Å². The molecule has 7 heteroatoms. The van der Waals surface area contributed by atoms with E-state index in [0.717, 1.165) is 64.6 Å². The summed E-state index contributed by atoms with van der Waals surface area (Å²) in [6.07, 6.45) is 11.7. The molecule has 5 aromatic rings. The molecule has 0 saturated carbocycles. The van der Waals surface area contributed by atoms with E-state index in [-0.39, 0.29) is 48.9 Å². The first-order valence-electron chi connectivity index (χ1n) is 15.6. The minimum Gasteiger partial charge on any atom is -0.512 e. The molecule has 2 aromatic carbocycles. The number of carbonyl (C=O) groups excluding carboxylic acids is 1. The molecule has 0 amide bonds. The van der Waals surface area contributed by atoms with Gasteiger partial charge in [-0.2, -0.15) is 0 Å². The van der Waals surface area contributed by atoms with Gasteiger partial charge in [-0.1, -0.05) is 77.6 Å². The molecule has 0 atom stereocenters. The molecule has 0 fully saturated rings. The summed E-state index contributed by atoms with van der Waals surface area (Å²) in [5.74, 6) is 0.547. The minimum atomic E-state index is 0. The van der Waals surface area contributed by atoms with Crippen molar-refractivity contribution in [1.82, 2.24) is 15.0 Å². The molecule has 3 aromatic heterocycles. The number of nitrogens with zero attached hydrogens (tertiary/aromatic N) is 3. The second kappa shape index (κ2) is 16.1. The van der Waals surface area contributed by atoms with Gasteiger partial charge in [0, 0.05) is 61.5 Å². The molecule has 5 rings (SSSR count). The monoisotopic (exact) mass is 783 g/mol. The third kappa shape index (κ3) is 8.53. The summed E-state index contributed by atoms with van der Waals surface area (Å²) < 4.78 is 5.66. The van der Waals surface area contributed by atoms with E-state index < -0.39 is 0 Å². The van der Waals surface area contributed by atoms with Crippen molar-refractivity contribution >= 4 is 27.5 Å². The van der Waals surface area contributed by atoms with Crippen LogP contribution in [0.3, 0.4) is 0 Å². The molecule has 0 aliphatic heterocycles. The van der Waals surface area contributed by atoms with E-state index in [9.17, 15) is 9.90 Å². The van der Waals surface area contributed by atoms with Crippen LogP contribution in [0.25, 0.3) is 44.3 Å². The zero-order valence-corrected chi connectivity index (χ0v) is 29.7. The number of aliphatic hydroxyl groups is 1. The van der Waals surface area contributed by atoms with E-state index in [1.165, 1.54) is 17.0 Å². The second-order valence-corrected chi connectivity index (χ2v) is 12.2. The van der Waals surface area contributed by atoms with Gasteiger partial charge in [-0.05, 0) is 43.2 Å². The van der Waals surface area contributed by atoms with Gasteiger partial charge >= 0.3 is 0 Å². The van der Waals surface area contributed by atoms with E-state index in [4.69, 9.17) is 4.42 Å². The quantitative estimate of drug-likeness (QED) is 0.0910. The van der Waals surface area contributed by atoms with Gasteiger partial charge in [-0.15, -0.1) is 29.1 Å².